The summed E-state index contributed by atoms with van der Waals surface area (Å²) in [6, 6.07) is 19.8. The minimum atomic E-state index is -0.350. The molecule has 1 atom stereocenters. The minimum Gasteiger partial charge on any atom is -0.371 e. The maximum Gasteiger partial charge on any atom is 0.255 e. The zero-order valence-corrected chi connectivity index (χ0v) is 19.8. The molecule has 1 saturated heterocycles. The number of carbonyl (C=O) groups is 2. The van der Waals surface area contributed by atoms with Crippen LogP contribution in [0.2, 0.25) is 10.0 Å². The number of benzene rings is 3. The third kappa shape index (κ3) is 5.67. The van der Waals surface area contributed by atoms with E-state index in [0.29, 0.717) is 26.9 Å². The third-order valence-corrected chi connectivity index (χ3v) is 6.15. The molecular weight excluding hydrogens is 457 g/mol. The molecule has 0 aromatic heterocycles. The molecule has 0 aliphatic carbocycles. The van der Waals surface area contributed by atoms with Crippen molar-refractivity contribution in [2.75, 3.05) is 23.3 Å². The number of hydrogen-bond acceptors (Lipinski definition) is 3. The van der Waals surface area contributed by atoms with Crippen molar-refractivity contribution < 1.29 is 9.59 Å². The Kier molecular flexibility index (Phi) is 7.21. The van der Waals surface area contributed by atoms with Crippen LogP contribution in [0.4, 0.5) is 11.4 Å². The van der Waals surface area contributed by atoms with Crippen LogP contribution >= 0.6 is 23.2 Å². The lowest BCUT2D eigenvalue weighted by atomic mass is 10.1. The van der Waals surface area contributed by atoms with E-state index in [4.69, 9.17) is 23.2 Å². The highest BCUT2D eigenvalue weighted by molar-refractivity contribution is 6.35. The average molecular weight is 482 g/mol. The molecule has 2 N–H and O–H groups in total. The van der Waals surface area contributed by atoms with Crippen LogP contribution in [0.15, 0.2) is 66.7 Å². The van der Waals surface area contributed by atoms with Gasteiger partial charge in [0.05, 0.1) is 11.6 Å². The lowest BCUT2D eigenvalue weighted by Crippen LogP contribution is -2.29. The van der Waals surface area contributed by atoms with Crippen LogP contribution in [0.1, 0.15) is 52.1 Å². The van der Waals surface area contributed by atoms with Gasteiger partial charge in [0.2, 0.25) is 0 Å². The molecule has 1 aliphatic heterocycles. The highest BCUT2D eigenvalue weighted by Crippen LogP contribution is 2.29. The number of halogens is 2. The molecule has 0 radical (unpaired) electrons. The molecule has 33 heavy (non-hydrogen) atoms. The number of hydrogen-bond donors (Lipinski definition) is 2. The van der Waals surface area contributed by atoms with Crippen molar-refractivity contribution in [1.82, 2.24) is 5.32 Å². The van der Waals surface area contributed by atoms with E-state index in [1.807, 2.05) is 49.4 Å². The van der Waals surface area contributed by atoms with Crippen molar-refractivity contribution in [3.63, 3.8) is 0 Å². The molecule has 1 aliphatic rings. The quantitative estimate of drug-likeness (QED) is 0.431. The Balaban J connectivity index is 1.60. The van der Waals surface area contributed by atoms with Gasteiger partial charge in [0.25, 0.3) is 11.8 Å². The fourth-order valence-corrected chi connectivity index (χ4v) is 4.54. The molecule has 2 amide bonds. The fourth-order valence-electron chi connectivity index (χ4n) is 4.02. The normalized spacial score (nSPS) is 14.1. The third-order valence-electron chi connectivity index (χ3n) is 5.72. The average Bonchev–Trinajstić information content (AvgIpc) is 3.33. The summed E-state index contributed by atoms with van der Waals surface area (Å²) in [7, 11) is 0. The molecule has 3 aromatic rings. The molecule has 7 heteroatoms. The standard InChI is InChI=1S/C26H25Cl2N3O2/c1-17(18-7-3-2-4-8-18)29-26(33)23-16-22(9-10-24(23)31-11-5-6-12-31)30-25(32)19-13-20(27)15-21(28)14-19/h2-4,7-10,13-17H,5-6,11-12H2,1H3,(H,29,33)(H,30,32). The monoisotopic (exact) mass is 481 g/mol. The van der Waals surface area contributed by atoms with Crippen molar-refractivity contribution in [2.45, 2.75) is 25.8 Å². The number of anilines is 2. The van der Waals surface area contributed by atoms with E-state index < -0.39 is 0 Å². The first-order chi connectivity index (χ1) is 15.9. The highest BCUT2D eigenvalue weighted by atomic mass is 35.5. The van der Waals surface area contributed by atoms with Crippen molar-refractivity contribution in [3.8, 4) is 0 Å². The molecule has 1 unspecified atom stereocenters. The van der Waals surface area contributed by atoms with Crippen LogP contribution < -0.4 is 15.5 Å². The molecule has 3 aromatic carbocycles. The Bertz CT molecular complexity index is 1140. The summed E-state index contributed by atoms with van der Waals surface area (Å²) >= 11 is 12.1. The first-order valence-electron chi connectivity index (χ1n) is 10.9. The fraction of sp³-hybridized carbons (Fsp3) is 0.231. The van der Waals surface area contributed by atoms with Crippen LogP contribution in [-0.2, 0) is 0 Å². The van der Waals surface area contributed by atoms with Crippen molar-refractivity contribution >= 4 is 46.4 Å². The largest absolute Gasteiger partial charge is 0.371 e. The Morgan fingerprint density at radius 1 is 0.879 bits per heavy atom. The SMILES string of the molecule is CC(NC(=O)c1cc(NC(=O)c2cc(Cl)cc(Cl)c2)ccc1N1CCCC1)c1ccccc1. The highest BCUT2D eigenvalue weighted by Gasteiger charge is 2.22. The summed E-state index contributed by atoms with van der Waals surface area (Å²) < 4.78 is 0. The van der Waals surface area contributed by atoms with Gasteiger partial charge >= 0.3 is 0 Å². The van der Waals surface area contributed by atoms with Gasteiger partial charge in [-0.15, -0.1) is 0 Å². The molecule has 0 saturated carbocycles. The van der Waals surface area contributed by atoms with Gasteiger partial charge in [-0.3, -0.25) is 9.59 Å². The molecule has 1 heterocycles. The predicted octanol–water partition coefficient (Wildman–Crippen LogP) is 6.34. The zero-order valence-electron chi connectivity index (χ0n) is 18.3. The second kappa shape index (κ2) is 10.3. The molecular formula is C26H25Cl2N3O2. The second-order valence-corrected chi connectivity index (χ2v) is 9.02. The zero-order chi connectivity index (χ0) is 23.4. The van der Waals surface area contributed by atoms with Gasteiger partial charge in [0.15, 0.2) is 0 Å². The summed E-state index contributed by atoms with van der Waals surface area (Å²) in [4.78, 5) is 28.3. The summed E-state index contributed by atoms with van der Waals surface area (Å²) in [6.07, 6.45) is 2.19. The molecule has 4 rings (SSSR count). The second-order valence-electron chi connectivity index (χ2n) is 8.14. The van der Waals surface area contributed by atoms with Gasteiger partial charge < -0.3 is 15.5 Å². The van der Waals surface area contributed by atoms with Crippen LogP contribution in [0, 0.1) is 0 Å². The van der Waals surface area contributed by atoms with Crippen LogP contribution in [0.25, 0.3) is 0 Å². The van der Waals surface area contributed by atoms with Gasteiger partial charge in [-0.05, 0) is 61.7 Å². The Morgan fingerprint density at radius 3 is 2.21 bits per heavy atom. The minimum absolute atomic E-state index is 0.156. The van der Waals surface area contributed by atoms with Crippen molar-refractivity contribution in [2.24, 2.45) is 0 Å². The Labute approximate surface area is 203 Å². The Morgan fingerprint density at radius 2 is 1.55 bits per heavy atom. The van der Waals surface area contributed by atoms with E-state index in [-0.39, 0.29) is 17.9 Å². The van der Waals surface area contributed by atoms with Gasteiger partial charge in [-0.25, -0.2) is 0 Å². The summed E-state index contributed by atoms with van der Waals surface area (Å²) in [5.41, 5.74) is 3.29. The lowest BCUT2D eigenvalue weighted by Gasteiger charge is -2.23. The number of rotatable bonds is 6. The molecule has 170 valence electrons. The van der Waals surface area contributed by atoms with Gasteiger partial charge in [-0.2, -0.15) is 0 Å². The smallest absolute Gasteiger partial charge is 0.255 e. The maximum absolute atomic E-state index is 13.3. The molecule has 0 spiro atoms. The molecule has 1 fully saturated rings. The van der Waals surface area contributed by atoms with Gasteiger partial charge in [-0.1, -0.05) is 53.5 Å². The van der Waals surface area contributed by atoms with Crippen LogP contribution in [0.5, 0.6) is 0 Å². The number of nitrogens with zero attached hydrogens (tertiary/aromatic N) is 1. The van der Waals surface area contributed by atoms with E-state index in [1.54, 1.807) is 24.3 Å². The Hall–Kier alpha value is -3.02. The van der Waals surface area contributed by atoms with E-state index in [9.17, 15) is 9.59 Å². The van der Waals surface area contributed by atoms with Crippen LogP contribution in [0.3, 0.4) is 0 Å². The molecule has 0 bridgehead atoms. The van der Waals surface area contributed by atoms with Crippen molar-refractivity contribution in [1.29, 1.82) is 0 Å². The number of carbonyl (C=O) groups excluding carboxylic acids is 2. The number of amides is 2. The van der Waals surface area contributed by atoms with Gasteiger partial charge in [0, 0.05) is 40.1 Å². The topological polar surface area (TPSA) is 61.4 Å². The number of nitrogens with one attached hydrogen (secondary N) is 2. The van der Waals surface area contributed by atoms with E-state index >= 15 is 0 Å². The summed E-state index contributed by atoms with van der Waals surface area (Å²) in [6.45, 7) is 3.76. The van der Waals surface area contributed by atoms with Crippen LogP contribution in [-0.4, -0.2) is 24.9 Å². The lowest BCUT2D eigenvalue weighted by molar-refractivity contribution is 0.0939. The van der Waals surface area contributed by atoms with E-state index in [2.05, 4.69) is 15.5 Å². The van der Waals surface area contributed by atoms with Crippen molar-refractivity contribution in [3.05, 3.63) is 93.5 Å². The first kappa shape index (κ1) is 23.1. The summed E-state index contributed by atoms with van der Waals surface area (Å²) in [5.74, 6) is -0.535. The van der Waals surface area contributed by atoms with Gasteiger partial charge in [0.1, 0.15) is 0 Å². The molecule has 5 nitrogen and oxygen atoms in total. The van der Waals surface area contributed by atoms with E-state index in [1.165, 1.54) is 0 Å². The maximum atomic E-state index is 13.3. The first-order valence-corrected chi connectivity index (χ1v) is 11.7. The van der Waals surface area contributed by atoms with E-state index in [0.717, 1.165) is 37.2 Å². The predicted molar refractivity (Wildman–Crippen MR) is 135 cm³/mol. The summed E-state index contributed by atoms with van der Waals surface area (Å²) in [5, 5.41) is 6.71.